The van der Waals surface area contributed by atoms with Crippen molar-refractivity contribution in [3.8, 4) is 0 Å². The summed E-state index contributed by atoms with van der Waals surface area (Å²) >= 11 is 18.9. The number of anilines is 3. The first-order valence-corrected chi connectivity index (χ1v) is 15.0. The number of hydrogen-bond acceptors (Lipinski definition) is 8. The summed E-state index contributed by atoms with van der Waals surface area (Å²) in [5, 5.41) is 7.63. The fourth-order valence-electron chi connectivity index (χ4n) is 5.00. The molecule has 0 bridgehead atoms. The van der Waals surface area contributed by atoms with Crippen LogP contribution in [0.1, 0.15) is 44.6 Å². The van der Waals surface area contributed by atoms with Gasteiger partial charge in [0.25, 0.3) is 0 Å². The Labute approximate surface area is 229 Å². The number of primary amides is 1. The van der Waals surface area contributed by atoms with Crippen LogP contribution in [0.15, 0.2) is 18.3 Å². The van der Waals surface area contributed by atoms with Crippen LogP contribution in [0.2, 0.25) is 15.1 Å². The molecule has 10 nitrogen and oxygen atoms in total. The monoisotopic (exact) mass is 585 g/mol. The first kappa shape index (κ1) is 26.3. The Morgan fingerprint density at radius 3 is 2.27 bits per heavy atom. The molecule has 14 heteroatoms. The molecule has 2 fully saturated rings. The van der Waals surface area contributed by atoms with Crippen LogP contribution in [0.5, 0.6) is 0 Å². The highest BCUT2D eigenvalue weighted by Crippen LogP contribution is 2.40. The summed E-state index contributed by atoms with van der Waals surface area (Å²) in [6.45, 7) is 0. The largest absolute Gasteiger partial charge is 0.369 e. The molecule has 0 spiro atoms. The average Bonchev–Trinajstić information content (AvgIpc) is 3.20. The number of nitrogens with zero attached hydrogens (tertiary/aromatic N) is 4. The minimum absolute atomic E-state index is 0.00414. The van der Waals surface area contributed by atoms with E-state index < -0.39 is 9.84 Å². The van der Waals surface area contributed by atoms with E-state index >= 15 is 0 Å². The average molecular weight is 587 g/mol. The molecular weight excluding hydrogens is 561 g/mol. The molecule has 4 N–H and O–H groups in total. The third-order valence-electron chi connectivity index (χ3n) is 7.03. The number of carbonyl (C=O) groups excluding carboxylic acids is 1. The van der Waals surface area contributed by atoms with Crippen LogP contribution >= 0.6 is 34.8 Å². The van der Waals surface area contributed by atoms with E-state index in [-0.39, 0.29) is 35.4 Å². The topological polar surface area (TPSA) is 145 Å². The summed E-state index contributed by atoms with van der Waals surface area (Å²) < 4.78 is 25.6. The minimum atomic E-state index is -2.98. The molecule has 2 aliphatic rings. The molecule has 0 unspecified atom stereocenters. The number of carbonyl (C=O) groups is 1. The number of benzene rings is 1. The Bertz CT molecular complexity index is 1420. The number of nitrogens with one attached hydrogen (secondary N) is 2. The van der Waals surface area contributed by atoms with Crippen LogP contribution in [0, 0.1) is 5.92 Å². The van der Waals surface area contributed by atoms with Crippen molar-refractivity contribution in [1.82, 2.24) is 19.5 Å². The Kier molecular flexibility index (Phi) is 7.41. The van der Waals surface area contributed by atoms with E-state index in [1.165, 1.54) is 0 Å². The van der Waals surface area contributed by atoms with Gasteiger partial charge in [0.15, 0.2) is 5.65 Å². The Hall–Kier alpha value is -2.34. The zero-order valence-electron chi connectivity index (χ0n) is 19.8. The maximum atomic E-state index is 11.8. The number of halogens is 3. The second kappa shape index (κ2) is 10.4. The number of aromatic nitrogens is 4. The van der Waals surface area contributed by atoms with Crippen molar-refractivity contribution < 1.29 is 13.2 Å². The first-order chi connectivity index (χ1) is 17.6. The fraction of sp³-hybridized carbons (Fsp3) is 0.478. The number of hydrogen-bond donors (Lipinski definition) is 3. The van der Waals surface area contributed by atoms with Crippen molar-refractivity contribution in [3.05, 3.63) is 33.4 Å². The third-order valence-corrected chi connectivity index (χ3v) is 9.56. The predicted molar refractivity (Wildman–Crippen MR) is 146 cm³/mol. The smallest absolute Gasteiger partial charge is 0.224 e. The lowest BCUT2D eigenvalue weighted by Crippen LogP contribution is -2.32. The lowest BCUT2D eigenvalue weighted by atomic mass is 9.85. The molecule has 3 heterocycles. The highest BCUT2D eigenvalue weighted by molar-refractivity contribution is 7.91. The summed E-state index contributed by atoms with van der Waals surface area (Å²) in [6.07, 6.45) is 5.38. The van der Waals surface area contributed by atoms with Gasteiger partial charge in [-0.25, -0.2) is 18.4 Å². The maximum Gasteiger partial charge on any atom is 0.224 e. The summed E-state index contributed by atoms with van der Waals surface area (Å²) in [4.78, 5) is 25.6. The molecule has 0 radical (unpaired) electrons. The number of nitrogens with two attached hydrogens (primary N) is 1. The molecule has 1 aliphatic carbocycles. The maximum absolute atomic E-state index is 11.8. The molecule has 1 saturated carbocycles. The second-order valence-electron chi connectivity index (χ2n) is 9.56. The van der Waals surface area contributed by atoms with Crippen molar-refractivity contribution in [2.45, 2.75) is 50.6 Å². The summed E-state index contributed by atoms with van der Waals surface area (Å²) in [5.74, 6) is 0.735. The van der Waals surface area contributed by atoms with Crippen molar-refractivity contribution in [3.63, 3.8) is 0 Å². The Morgan fingerprint density at radius 2 is 1.65 bits per heavy atom. The number of imidazole rings is 1. The van der Waals surface area contributed by atoms with Crippen LogP contribution < -0.4 is 16.4 Å². The standard InChI is InChI=1S/C23H26Cl3N7O3S/c24-13-9-16(25)19(17(26)10-13)31-23-30-18-11-28-22(29-14-5-7-37(35,36)8-6-14)32-21(18)33(23)15-3-1-12(2-4-15)20(27)34/h9-12,14-15H,1-8H2,(H2,27,34)(H,30,31)(H,28,29,32). The van der Waals surface area contributed by atoms with Crippen molar-refractivity contribution in [2.24, 2.45) is 11.7 Å². The molecule has 37 heavy (non-hydrogen) atoms. The highest BCUT2D eigenvalue weighted by atomic mass is 35.5. The zero-order chi connectivity index (χ0) is 26.3. The summed E-state index contributed by atoms with van der Waals surface area (Å²) in [6, 6.07) is 3.14. The molecule has 0 atom stereocenters. The van der Waals surface area contributed by atoms with Gasteiger partial charge < -0.3 is 16.4 Å². The van der Waals surface area contributed by atoms with Gasteiger partial charge in [-0.2, -0.15) is 4.98 Å². The quantitative estimate of drug-likeness (QED) is 0.376. The van der Waals surface area contributed by atoms with E-state index in [1.54, 1.807) is 18.3 Å². The van der Waals surface area contributed by atoms with E-state index in [0.29, 0.717) is 82.3 Å². The first-order valence-electron chi connectivity index (χ1n) is 12.0. The highest BCUT2D eigenvalue weighted by Gasteiger charge is 2.30. The predicted octanol–water partition coefficient (Wildman–Crippen LogP) is 4.74. The van der Waals surface area contributed by atoms with E-state index in [0.717, 1.165) is 0 Å². The SMILES string of the molecule is NC(=O)C1CCC(n2c(Nc3c(Cl)cc(Cl)cc3Cl)nc3cnc(NC4CCS(=O)(=O)CC4)nc32)CC1. The van der Waals surface area contributed by atoms with Crippen LogP contribution in [-0.4, -0.2) is 51.4 Å². The number of rotatable bonds is 6. The lowest BCUT2D eigenvalue weighted by Gasteiger charge is -2.29. The lowest BCUT2D eigenvalue weighted by molar-refractivity contribution is -0.122. The van der Waals surface area contributed by atoms with Gasteiger partial charge >= 0.3 is 0 Å². The van der Waals surface area contributed by atoms with Gasteiger partial charge in [0.05, 0.1) is 33.4 Å². The van der Waals surface area contributed by atoms with Crippen molar-refractivity contribution >= 4 is 79.3 Å². The second-order valence-corrected chi connectivity index (χ2v) is 13.1. The van der Waals surface area contributed by atoms with Gasteiger partial charge in [0, 0.05) is 23.0 Å². The number of fused-ring (bicyclic) bond motifs is 1. The molecule has 5 rings (SSSR count). The Balaban J connectivity index is 1.50. The van der Waals surface area contributed by atoms with Crippen LogP contribution in [0.4, 0.5) is 17.6 Å². The van der Waals surface area contributed by atoms with Crippen molar-refractivity contribution in [2.75, 3.05) is 22.1 Å². The van der Waals surface area contributed by atoms with Gasteiger partial charge in [-0.1, -0.05) is 34.8 Å². The fourth-order valence-corrected chi connectivity index (χ4v) is 7.41. The van der Waals surface area contributed by atoms with Gasteiger partial charge in [0.1, 0.15) is 15.4 Å². The normalized spacial score (nSPS) is 22.1. The molecule has 1 amide bonds. The zero-order valence-corrected chi connectivity index (χ0v) is 22.8. The van der Waals surface area contributed by atoms with Gasteiger partial charge in [0.2, 0.25) is 17.8 Å². The van der Waals surface area contributed by atoms with Gasteiger partial charge in [-0.15, -0.1) is 0 Å². The van der Waals surface area contributed by atoms with E-state index in [2.05, 4.69) is 15.6 Å². The van der Waals surface area contributed by atoms with Crippen LogP contribution in [0.25, 0.3) is 11.2 Å². The summed E-state index contributed by atoms with van der Waals surface area (Å²) in [7, 11) is -2.98. The third kappa shape index (κ3) is 5.74. The van der Waals surface area contributed by atoms with E-state index in [4.69, 9.17) is 50.5 Å². The van der Waals surface area contributed by atoms with E-state index in [9.17, 15) is 13.2 Å². The molecule has 2 aromatic heterocycles. The number of sulfone groups is 1. The number of amides is 1. The molecule has 3 aromatic rings. The summed E-state index contributed by atoms with van der Waals surface area (Å²) in [5.41, 5.74) is 7.18. The molecule has 1 aliphatic heterocycles. The van der Waals surface area contributed by atoms with Crippen LogP contribution in [-0.2, 0) is 14.6 Å². The van der Waals surface area contributed by atoms with Gasteiger partial charge in [-0.3, -0.25) is 9.36 Å². The van der Waals surface area contributed by atoms with Crippen LogP contribution in [0.3, 0.4) is 0 Å². The molecule has 1 aromatic carbocycles. The minimum Gasteiger partial charge on any atom is -0.369 e. The Morgan fingerprint density at radius 1 is 1.00 bits per heavy atom. The van der Waals surface area contributed by atoms with E-state index in [1.807, 2.05) is 4.57 Å². The van der Waals surface area contributed by atoms with Gasteiger partial charge in [-0.05, 0) is 50.7 Å². The molecule has 198 valence electrons. The molecule has 1 saturated heterocycles. The van der Waals surface area contributed by atoms with Crippen molar-refractivity contribution in [1.29, 1.82) is 0 Å². The molecular formula is C23H26Cl3N7O3S.